The van der Waals surface area contributed by atoms with E-state index in [4.69, 9.17) is 0 Å². The van der Waals surface area contributed by atoms with Crippen molar-refractivity contribution in [3.8, 4) is 0 Å². The lowest BCUT2D eigenvalue weighted by atomic mass is 9.91. The van der Waals surface area contributed by atoms with Gasteiger partial charge in [0.1, 0.15) is 17.3 Å². The van der Waals surface area contributed by atoms with E-state index in [1.165, 1.54) is 12.1 Å². The number of benzene rings is 1. The maximum atomic E-state index is 13.8. The maximum Gasteiger partial charge on any atom is 0.272 e. The van der Waals surface area contributed by atoms with E-state index in [2.05, 4.69) is 5.10 Å². The van der Waals surface area contributed by atoms with Crippen LogP contribution in [0.4, 0.5) is 8.78 Å². The van der Waals surface area contributed by atoms with E-state index < -0.39 is 11.6 Å². The Morgan fingerprint density at radius 3 is 2.80 bits per heavy atom. The van der Waals surface area contributed by atoms with Gasteiger partial charge in [0.15, 0.2) is 0 Å². The molecule has 1 aliphatic heterocycles. The van der Waals surface area contributed by atoms with Crippen molar-refractivity contribution < 1.29 is 13.6 Å². The summed E-state index contributed by atoms with van der Waals surface area (Å²) in [6, 6.07) is 5.53. The first-order valence-electron chi connectivity index (χ1n) is 8.68. The van der Waals surface area contributed by atoms with Crippen LogP contribution in [0.3, 0.4) is 0 Å². The Labute approximate surface area is 146 Å². The molecule has 4 nitrogen and oxygen atoms in total. The van der Waals surface area contributed by atoms with Crippen LogP contribution in [0.15, 0.2) is 24.3 Å². The molecule has 3 rings (SSSR count). The summed E-state index contributed by atoms with van der Waals surface area (Å²) in [6.07, 6.45) is 3.32. The molecule has 0 aliphatic carbocycles. The van der Waals surface area contributed by atoms with Crippen molar-refractivity contribution >= 4 is 5.91 Å². The van der Waals surface area contributed by atoms with Crippen LogP contribution in [-0.4, -0.2) is 33.7 Å². The summed E-state index contributed by atoms with van der Waals surface area (Å²) in [4.78, 5) is 14.6. The summed E-state index contributed by atoms with van der Waals surface area (Å²) >= 11 is 0. The number of aromatic nitrogens is 2. The van der Waals surface area contributed by atoms with Crippen LogP contribution in [0.5, 0.6) is 0 Å². The van der Waals surface area contributed by atoms with Crippen molar-refractivity contribution in [3.05, 3.63) is 52.9 Å². The first-order chi connectivity index (χ1) is 11.9. The van der Waals surface area contributed by atoms with Crippen molar-refractivity contribution in [1.29, 1.82) is 0 Å². The van der Waals surface area contributed by atoms with E-state index in [1.807, 2.05) is 11.8 Å². The molecule has 25 heavy (non-hydrogen) atoms. The van der Waals surface area contributed by atoms with Gasteiger partial charge in [-0.2, -0.15) is 5.10 Å². The van der Waals surface area contributed by atoms with Crippen LogP contribution in [0, 0.1) is 24.5 Å². The average molecular weight is 347 g/mol. The number of halogens is 2. The highest BCUT2D eigenvalue weighted by atomic mass is 19.1. The third-order valence-electron chi connectivity index (χ3n) is 4.86. The monoisotopic (exact) mass is 347 g/mol. The normalized spacial score (nSPS) is 17.8. The minimum absolute atomic E-state index is 0.000706. The van der Waals surface area contributed by atoms with Crippen molar-refractivity contribution in [2.75, 3.05) is 13.1 Å². The maximum absolute atomic E-state index is 13.8. The molecule has 2 aromatic rings. The van der Waals surface area contributed by atoms with E-state index >= 15 is 0 Å². The van der Waals surface area contributed by atoms with Gasteiger partial charge >= 0.3 is 0 Å². The summed E-state index contributed by atoms with van der Waals surface area (Å²) < 4.78 is 28.4. The minimum atomic E-state index is -0.554. The number of carbonyl (C=O) groups is 1. The molecule has 1 aromatic heterocycles. The molecule has 1 saturated heterocycles. The highest BCUT2D eigenvalue weighted by Gasteiger charge is 2.26. The summed E-state index contributed by atoms with van der Waals surface area (Å²) in [7, 11) is 1.78. The number of hydrogen-bond acceptors (Lipinski definition) is 2. The van der Waals surface area contributed by atoms with Gasteiger partial charge in [0, 0.05) is 26.2 Å². The third-order valence-corrected chi connectivity index (χ3v) is 4.86. The molecule has 6 heteroatoms. The zero-order chi connectivity index (χ0) is 18.0. The second-order valence-corrected chi connectivity index (χ2v) is 6.83. The van der Waals surface area contributed by atoms with Crippen LogP contribution in [-0.2, 0) is 13.5 Å². The molecule has 1 aliphatic rings. The molecule has 1 aromatic carbocycles. The van der Waals surface area contributed by atoms with E-state index in [-0.39, 0.29) is 5.91 Å². The Morgan fingerprint density at radius 1 is 1.32 bits per heavy atom. The molecule has 0 spiro atoms. The van der Waals surface area contributed by atoms with Gasteiger partial charge in [-0.15, -0.1) is 0 Å². The van der Waals surface area contributed by atoms with Crippen LogP contribution in [0.2, 0.25) is 0 Å². The molecule has 0 saturated carbocycles. The Balaban J connectivity index is 1.61. The highest BCUT2D eigenvalue weighted by molar-refractivity contribution is 5.92. The zero-order valence-corrected chi connectivity index (χ0v) is 14.6. The molecular weight excluding hydrogens is 324 g/mol. The lowest BCUT2D eigenvalue weighted by molar-refractivity contribution is 0.0657. The number of rotatable bonds is 4. The van der Waals surface area contributed by atoms with E-state index in [0.717, 1.165) is 37.6 Å². The predicted molar refractivity (Wildman–Crippen MR) is 91.3 cm³/mol. The largest absolute Gasteiger partial charge is 0.337 e. The van der Waals surface area contributed by atoms with Gasteiger partial charge in [-0.3, -0.25) is 9.48 Å². The average Bonchev–Trinajstić information content (AvgIpc) is 2.92. The summed E-state index contributed by atoms with van der Waals surface area (Å²) in [5, 5.41) is 4.24. The van der Waals surface area contributed by atoms with Gasteiger partial charge in [0.25, 0.3) is 5.91 Å². The van der Waals surface area contributed by atoms with Crippen LogP contribution < -0.4 is 0 Å². The second kappa shape index (κ2) is 7.33. The Morgan fingerprint density at radius 2 is 2.12 bits per heavy atom. The van der Waals surface area contributed by atoms with E-state index in [9.17, 15) is 13.6 Å². The van der Waals surface area contributed by atoms with Gasteiger partial charge in [0.2, 0.25) is 0 Å². The van der Waals surface area contributed by atoms with Crippen molar-refractivity contribution in [2.45, 2.75) is 32.6 Å². The predicted octanol–water partition coefficient (Wildman–Crippen LogP) is 3.49. The molecule has 134 valence electrons. The van der Waals surface area contributed by atoms with Crippen molar-refractivity contribution in [1.82, 2.24) is 14.7 Å². The Bertz CT molecular complexity index is 772. The number of piperidine rings is 1. The molecule has 0 bridgehead atoms. The van der Waals surface area contributed by atoms with Crippen molar-refractivity contribution in [3.63, 3.8) is 0 Å². The first-order valence-corrected chi connectivity index (χ1v) is 8.68. The first kappa shape index (κ1) is 17.6. The van der Waals surface area contributed by atoms with Crippen molar-refractivity contribution in [2.24, 2.45) is 13.0 Å². The van der Waals surface area contributed by atoms with Gasteiger partial charge in [-0.1, -0.05) is 6.07 Å². The number of likely N-dealkylation sites (tertiary alicyclic amines) is 1. The minimum Gasteiger partial charge on any atom is -0.337 e. The standard InChI is InChI=1S/C19H23F2N3O/c1-13-10-18(23(2)22-13)19(25)24-9-3-4-14(12-24)5-6-15-7-8-16(20)11-17(15)21/h7-8,10-11,14H,3-6,9,12H2,1-2H3. The van der Waals surface area contributed by atoms with Gasteiger partial charge in [0.05, 0.1) is 5.69 Å². The van der Waals surface area contributed by atoms with E-state index in [1.54, 1.807) is 17.8 Å². The zero-order valence-electron chi connectivity index (χ0n) is 14.6. The molecule has 1 fully saturated rings. The molecule has 1 atom stereocenters. The summed E-state index contributed by atoms with van der Waals surface area (Å²) in [6.45, 7) is 3.28. The Hall–Kier alpha value is -2.24. The second-order valence-electron chi connectivity index (χ2n) is 6.83. The fourth-order valence-corrected chi connectivity index (χ4v) is 3.54. The lowest BCUT2D eigenvalue weighted by Crippen LogP contribution is -2.40. The fraction of sp³-hybridized carbons (Fsp3) is 0.474. The summed E-state index contributed by atoms with van der Waals surface area (Å²) in [5.41, 5.74) is 1.96. The van der Waals surface area contributed by atoms with E-state index in [0.29, 0.717) is 30.1 Å². The fourth-order valence-electron chi connectivity index (χ4n) is 3.54. The van der Waals surface area contributed by atoms with Crippen LogP contribution in [0.1, 0.15) is 41.0 Å². The van der Waals surface area contributed by atoms with Gasteiger partial charge < -0.3 is 4.90 Å². The molecule has 2 heterocycles. The van der Waals surface area contributed by atoms with Gasteiger partial charge in [-0.25, -0.2) is 8.78 Å². The smallest absolute Gasteiger partial charge is 0.272 e. The topological polar surface area (TPSA) is 38.1 Å². The SMILES string of the molecule is Cc1cc(C(=O)N2CCCC(CCc3ccc(F)cc3F)C2)n(C)n1. The van der Waals surface area contributed by atoms with Gasteiger partial charge in [-0.05, 0) is 56.2 Å². The number of hydrogen-bond donors (Lipinski definition) is 0. The molecule has 1 amide bonds. The Kier molecular flexibility index (Phi) is 5.16. The highest BCUT2D eigenvalue weighted by Crippen LogP contribution is 2.24. The third kappa shape index (κ3) is 4.06. The number of carbonyl (C=O) groups excluding carboxylic acids is 1. The number of nitrogens with zero attached hydrogens (tertiary/aromatic N) is 3. The number of amides is 1. The number of aryl methyl sites for hydroxylation is 3. The molecular formula is C19H23F2N3O. The van der Waals surface area contributed by atoms with Crippen LogP contribution >= 0.6 is 0 Å². The molecule has 0 radical (unpaired) electrons. The lowest BCUT2D eigenvalue weighted by Gasteiger charge is -2.32. The van der Waals surface area contributed by atoms with Crippen LogP contribution in [0.25, 0.3) is 0 Å². The quantitative estimate of drug-likeness (QED) is 0.849. The summed E-state index contributed by atoms with van der Waals surface area (Å²) in [5.74, 6) is -0.714. The molecule has 1 unspecified atom stereocenters. The molecule has 0 N–H and O–H groups in total.